The lowest BCUT2D eigenvalue weighted by molar-refractivity contribution is 0.0935. The molecule has 1 N–H and O–H groups in total. The minimum Gasteiger partial charge on any atom is -0.497 e. The van der Waals surface area contributed by atoms with E-state index >= 15 is 0 Å². The summed E-state index contributed by atoms with van der Waals surface area (Å²) in [5.41, 5.74) is 4.34. The molecule has 0 aliphatic rings. The van der Waals surface area contributed by atoms with E-state index in [1.807, 2.05) is 84.9 Å². The van der Waals surface area contributed by atoms with Crippen LogP contribution in [0, 0.1) is 0 Å². The van der Waals surface area contributed by atoms with Gasteiger partial charge in [-0.05, 0) is 53.6 Å². The molecule has 7 heteroatoms. The molecule has 5 rings (SSSR count). The lowest BCUT2D eigenvalue weighted by Crippen LogP contribution is -2.31. The molecule has 4 aromatic carbocycles. The third-order valence-electron chi connectivity index (χ3n) is 6.24. The average Bonchev–Trinajstić information content (AvgIpc) is 3.42. The maximum Gasteiger partial charge on any atom is 0.270 e. The molecule has 0 aliphatic heterocycles. The Bertz CT molecular complexity index is 1490. The van der Waals surface area contributed by atoms with E-state index in [1.165, 1.54) is 0 Å². The Morgan fingerprint density at radius 2 is 1.45 bits per heavy atom. The number of carbonyl (C=O) groups is 1. The number of carbonyl (C=O) groups excluding carboxylic acids is 1. The van der Waals surface area contributed by atoms with Gasteiger partial charge in [0.25, 0.3) is 5.91 Å². The van der Waals surface area contributed by atoms with Gasteiger partial charge in [0.05, 0.1) is 31.6 Å². The quantitative estimate of drug-likeness (QED) is 0.245. The molecule has 1 heterocycles. The first-order valence-electron chi connectivity index (χ1n) is 12.1. The summed E-state index contributed by atoms with van der Waals surface area (Å²) in [5.74, 6) is 0.974. The normalized spacial score (nSPS) is 10.8. The van der Waals surface area contributed by atoms with E-state index in [9.17, 15) is 4.79 Å². The molecular formula is C31H26ClN3O3. The van der Waals surface area contributed by atoms with Crippen LogP contribution >= 0.6 is 11.6 Å². The summed E-state index contributed by atoms with van der Waals surface area (Å²) < 4.78 is 12.6. The summed E-state index contributed by atoms with van der Waals surface area (Å²) in [5, 5.41) is 8.63. The number of methoxy groups -OCH3 is 2. The highest BCUT2D eigenvalue weighted by Crippen LogP contribution is 2.34. The average molecular weight is 524 g/mol. The lowest BCUT2D eigenvalue weighted by Gasteiger charge is -2.20. The fraction of sp³-hybridized carbons (Fsp3) is 0.0968. The summed E-state index contributed by atoms with van der Waals surface area (Å²) in [6.07, 6.45) is 0. The number of halogens is 1. The molecule has 0 spiro atoms. The van der Waals surface area contributed by atoms with Crippen molar-refractivity contribution in [1.82, 2.24) is 15.1 Å². The third kappa shape index (κ3) is 5.26. The molecule has 0 saturated heterocycles. The fourth-order valence-electron chi connectivity index (χ4n) is 4.32. The molecule has 190 valence electrons. The predicted octanol–water partition coefficient (Wildman–Crippen LogP) is 6.73. The molecule has 0 saturated carbocycles. The largest absolute Gasteiger partial charge is 0.497 e. The Hall–Kier alpha value is -4.55. The molecule has 0 atom stereocenters. The van der Waals surface area contributed by atoms with Crippen LogP contribution in [0.15, 0.2) is 109 Å². The number of amides is 1. The molecule has 0 fully saturated rings. The number of rotatable bonds is 8. The SMILES string of the molecule is COc1ccc(-c2cc(C(=O)NC(c3ccccc3)c3ccccc3)n(-c3ccc(Cl)cc3)n2)c(OC)c1. The molecule has 0 bridgehead atoms. The second-order valence-corrected chi connectivity index (χ2v) is 9.03. The highest BCUT2D eigenvalue weighted by atomic mass is 35.5. The molecule has 0 unspecified atom stereocenters. The number of ether oxygens (including phenoxy) is 2. The Kier molecular flexibility index (Phi) is 7.43. The first-order valence-corrected chi connectivity index (χ1v) is 12.4. The lowest BCUT2D eigenvalue weighted by atomic mass is 9.98. The first-order chi connectivity index (χ1) is 18.6. The highest BCUT2D eigenvalue weighted by Gasteiger charge is 2.23. The van der Waals surface area contributed by atoms with E-state index < -0.39 is 0 Å². The van der Waals surface area contributed by atoms with Gasteiger partial charge in [-0.2, -0.15) is 5.10 Å². The van der Waals surface area contributed by atoms with Crippen molar-refractivity contribution in [3.63, 3.8) is 0 Å². The van der Waals surface area contributed by atoms with Crippen molar-refractivity contribution in [1.29, 1.82) is 0 Å². The minimum atomic E-state index is -0.350. The van der Waals surface area contributed by atoms with E-state index in [0.717, 1.165) is 16.7 Å². The predicted molar refractivity (Wildman–Crippen MR) is 149 cm³/mol. The van der Waals surface area contributed by atoms with E-state index in [-0.39, 0.29) is 11.9 Å². The van der Waals surface area contributed by atoms with Crippen LogP contribution in [0.25, 0.3) is 16.9 Å². The molecule has 1 aromatic heterocycles. The van der Waals surface area contributed by atoms with E-state index in [1.54, 1.807) is 43.2 Å². The standard InChI is InChI=1S/C31H26ClN3O3/c1-37-25-17-18-26(29(19-25)38-2)27-20-28(35(34-27)24-15-13-23(32)14-16-24)31(36)33-30(21-9-5-3-6-10-21)22-11-7-4-8-12-22/h3-20,30H,1-2H3,(H,33,36). The second kappa shape index (κ2) is 11.2. The Morgan fingerprint density at radius 3 is 2.03 bits per heavy atom. The van der Waals surface area contributed by atoms with Gasteiger partial charge in [0, 0.05) is 16.7 Å². The molecule has 38 heavy (non-hydrogen) atoms. The molecule has 0 radical (unpaired) electrons. The zero-order valence-corrected chi connectivity index (χ0v) is 21.7. The van der Waals surface area contributed by atoms with Crippen LogP contribution in [0.5, 0.6) is 11.5 Å². The molecule has 5 aromatic rings. The Morgan fingerprint density at radius 1 is 0.816 bits per heavy atom. The smallest absolute Gasteiger partial charge is 0.270 e. The fourth-order valence-corrected chi connectivity index (χ4v) is 4.44. The first kappa shape index (κ1) is 25.1. The topological polar surface area (TPSA) is 65.4 Å². The number of aromatic nitrogens is 2. The molecular weight excluding hydrogens is 498 g/mol. The molecule has 0 aliphatic carbocycles. The summed E-state index contributed by atoms with van der Waals surface area (Å²) in [6, 6.07) is 33.9. The Labute approximate surface area is 226 Å². The van der Waals surface area contributed by atoms with E-state index in [2.05, 4.69) is 5.32 Å². The zero-order valence-electron chi connectivity index (χ0n) is 21.0. The third-order valence-corrected chi connectivity index (χ3v) is 6.49. The summed E-state index contributed by atoms with van der Waals surface area (Å²) in [7, 11) is 3.19. The van der Waals surface area contributed by atoms with Crippen LogP contribution in [-0.2, 0) is 0 Å². The Balaban J connectivity index is 1.59. The van der Waals surface area contributed by atoms with Crippen molar-refractivity contribution >= 4 is 17.5 Å². The minimum absolute atomic E-state index is 0.274. The van der Waals surface area contributed by atoms with Crippen molar-refractivity contribution in [3.8, 4) is 28.4 Å². The van der Waals surface area contributed by atoms with Crippen molar-refractivity contribution in [2.45, 2.75) is 6.04 Å². The van der Waals surface area contributed by atoms with Crippen molar-refractivity contribution in [2.75, 3.05) is 14.2 Å². The second-order valence-electron chi connectivity index (χ2n) is 8.60. The highest BCUT2D eigenvalue weighted by molar-refractivity contribution is 6.30. The van der Waals surface area contributed by atoms with Crippen molar-refractivity contribution in [2.24, 2.45) is 0 Å². The molecule has 6 nitrogen and oxygen atoms in total. The van der Waals surface area contributed by atoms with Crippen LogP contribution in [0.3, 0.4) is 0 Å². The van der Waals surface area contributed by atoms with Crippen molar-refractivity contribution < 1.29 is 14.3 Å². The maximum atomic E-state index is 13.9. The van der Waals surface area contributed by atoms with Crippen LogP contribution in [0.2, 0.25) is 5.02 Å². The number of hydrogen-bond acceptors (Lipinski definition) is 4. The van der Waals surface area contributed by atoms with Gasteiger partial charge in [0.2, 0.25) is 0 Å². The molecule has 1 amide bonds. The maximum absolute atomic E-state index is 13.9. The number of hydrogen-bond donors (Lipinski definition) is 1. The number of benzene rings is 4. The van der Waals surface area contributed by atoms with Gasteiger partial charge in [-0.15, -0.1) is 0 Å². The van der Waals surface area contributed by atoms with Crippen LogP contribution in [-0.4, -0.2) is 29.9 Å². The summed E-state index contributed by atoms with van der Waals surface area (Å²) in [6.45, 7) is 0. The van der Waals surface area contributed by atoms with Gasteiger partial charge in [0.15, 0.2) is 0 Å². The van der Waals surface area contributed by atoms with Gasteiger partial charge in [-0.1, -0.05) is 72.3 Å². The summed E-state index contributed by atoms with van der Waals surface area (Å²) in [4.78, 5) is 13.9. The summed E-state index contributed by atoms with van der Waals surface area (Å²) >= 11 is 6.14. The van der Waals surface area contributed by atoms with Gasteiger partial charge < -0.3 is 14.8 Å². The van der Waals surface area contributed by atoms with Gasteiger partial charge in [-0.25, -0.2) is 4.68 Å². The number of nitrogens with zero attached hydrogens (tertiary/aromatic N) is 2. The number of nitrogens with one attached hydrogen (secondary N) is 1. The zero-order chi connectivity index (χ0) is 26.5. The van der Waals surface area contributed by atoms with Gasteiger partial charge >= 0.3 is 0 Å². The van der Waals surface area contributed by atoms with Gasteiger partial charge in [0.1, 0.15) is 17.2 Å². The van der Waals surface area contributed by atoms with Crippen molar-refractivity contribution in [3.05, 3.63) is 131 Å². The van der Waals surface area contributed by atoms with Crippen LogP contribution < -0.4 is 14.8 Å². The van der Waals surface area contributed by atoms with E-state index in [0.29, 0.717) is 33.6 Å². The van der Waals surface area contributed by atoms with Gasteiger partial charge in [-0.3, -0.25) is 4.79 Å². The van der Waals surface area contributed by atoms with E-state index in [4.69, 9.17) is 26.2 Å². The monoisotopic (exact) mass is 523 g/mol. The van der Waals surface area contributed by atoms with Crippen LogP contribution in [0.1, 0.15) is 27.7 Å². The van der Waals surface area contributed by atoms with Crippen LogP contribution in [0.4, 0.5) is 0 Å².